The van der Waals surface area contributed by atoms with E-state index >= 15 is 0 Å². The summed E-state index contributed by atoms with van der Waals surface area (Å²) in [5.74, 6) is 0.960. The third-order valence-corrected chi connectivity index (χ3v) is 2.08. The van der Waals surface area contributed by atoms with E-state index in [0.29, 0.717) is 0 Å². The Kier molecular flexibility index (Phi) is 3.45. The molecule has 1 unspecified atom stereocenters. The van der Waals surface area contributed by atoms with Gasteiger partial charge >= 0.3 is 0 Å². The van der Waals surface area contributed by atoms with Gasteiger partial charge in [0, 0.05) is 19.4 Å². The van der Waals surface area contributed by atoms with Gasteiger partial charge in [-0.05, 0) is 27.1 Å². The molecule has 2 N–H and O–H groups in total. The van der Waals surface area contributed by atoms with Crippen molar-refractivity contribution in [1.29, 1.82) is 0 Å². The van der Waals surface area contributed by atoms with Gasteiger partial charge in [0.2, 0.25) is 0 Å². The molecule has 0 radical (unpaired) electrons. The lowest BCUT2D eigenvalue weighted by molar-refractivity contribution is 0.377. The van der Waals surface area contributed by atoms with Gasteiger partial charge in [-0.2, -0.15) is 0 Å². The first kappa shape index (κ1) is 10.2. The minimum Gasteiger partial charge on any atom is -0.337 e. The van der Waals surface area contributed by atoms with Crippen LogP contribution in [0.15, 0.2) is 12.4 Å². The van der Waals surface area contributed by atoms with Crippen molar-refractivity contribution in [3.8, 4) is 0 Å². The summed E-state index contributed by atoms with van der Waals surface area (Å²) < 4.78 is 1.97. The normalized spacial score (nSPS) is 13.6. The van der Waals surface area contributed by atoms with Crippen LogP contribution in [-0.2, 0) is 7.05 Å². The van der Waals surface area contributed by atoms with Crippen molar-refractivity contribution in [2.45, 2.75) is 12.5 Å². The number of imidazole rings is 1. The van der Waals surface area contributed by atoms with Crippen molar-refractivity contribution in [2.75, 3.05) is 20.6 Å². The SMILES string of the molecule is CN(C)CCC(N)c1nccn1C. The molecule has 74 valence electrons. The molecule has 1 aromatic rings. The first-order valence-electron chi connectivity index (χ1n) is 4.49. The quantitative estimate of drug-likeness (QED) is 0.732. The minimum absolute atomic E-state index is 0.0439. The zero-order chi connectivity index (χ0) is 9.84. The number of hydrogen-bond donors (Lipinski definition) is 1. The van der Waals surface area contributed by atoms with Gasteiger partial charge in [-0.1, -0.05) is 0 Å². The monoisotopic (exact) mass is 182 g/mol. The van der Waals surface area contributed by atoms with Crippen LogP contribution < -0.4 is 5.73 Å². The van der Waals surface area contributed by atoms with Crippen LogP contribution in [0, 0.1) is 0 Å². The molecule has 13 heavy (non-hydrogen) atoms. The number of nitrogens with zero attached hydrogens (tertiary/aromatic N) is 3. The predicted molar refractivity (Wildman–Crippen MR) is 53.3 cm³/mol. The third kappa shape index (κ3) is 2.82. The Hall–Kier alpha value is -0.870. The molecule has 1 aromatic heterocycles. The molecular weight excluding hydrogens is 164 g/mol. The van der Waals surface area contributed by atoms with Gasteiger partial charge in [0.05, 0.1) is 6.04 Å². The minimum atomic E-state index is 0.0439. The number of aromatic nitrogens is 2. The second kappa shape index (κ2) is 4.39. The molecule has 4 heteroatoms. The van der Waals surface area contributed by atoms with E-state index in [4.69, 9.17) is 5.73 Å². The summed E-state index contributed by atoms with van der Waals surface area (Å²) >= 11 is 0. The summed E-state index contributed by atoms with van der Waals surface area (Å²) in [5, 5.41) is 0. The van der Waals surface area contributed by atoms with Crippen LogP contribution in [0.1, 0.15) is 18.3 Å². The Morgan fingerprint density at radius 1 is 1.62 bits per heavy atom. The first-order valence-corrected chi connectivity index (χ1v) is 4.49. The van der Waals surface area contributed by atoms with Crippen LogP contribution in [-0.4, -0.2) is 35.1 Å². The van der Waals surface area contributed by atoms with E-state index in [9.17, 15) is 0 Å². The Labute approximate surface area is 79.4 Å². The van der Waals surface area contributed by atoms with Crippen molar-refractivity contribution in [2.24, 2.45) is 12.8 Å². The second-order valence-corrected chi connectivity index (χ2v) is 3.59. The fourth-order valence-corrected chi connectivity index (χ4v) is 1.26. The lowest BCUT2D eigenvalue weighted by atomic mass is 10.2. The van der Waals surface area contributed by atoms with Crippen LogP contribution in [0.25, 0.3) is 0 Å². The molecule has 4 nitrogen and oxygen atoms in total. The third-order valence-electron chi connectivity index (χ3n) is 2.08. The average Bonchev–Trinajstić information content (AvgIpc) is 2.47. The topological polar surface area (TPSA) is 47.1 Å². The molecule has 0 saturated heterocycles. The summed E-state index contributed by atoms with van der Waals surface area (Å²) in [5.41, 5.74) is 5.98. The van der Waals surface area contributed by atoms with E-state index in [1.807, 2.05) is 31.9 Å². The number of hydrogen-bond acceptors (Lipinski definition) is 3. The maximum Gasteiger partial charge on any atom is 0.125 e. The maximum absolute atomic E-state index is 5.98. The number of aryl methyl sites for hydroxylation is 1. The smallest absolute Gasteiger partial charge is 0.125 e. The average molecular weight is 182 g/mol. The van der Waals surface area contributed by atoms with Crippen LogP contribution in [0.4, 0.5) is 0 Å². The van der Waals surface area contributed by atoms with Crippen LogP contribution in [0.3, 0.4) is 0 Å². The summed E-state index contributed by atoms with van der Waals surface area (Å²) in [7, 11) is 6.06. The van der Waals surface area contributed by atoms with Gasteiger partial charge in [-0.25, -0.2) is 4.98 Å². The highest BCUT2D eigenvalue weighted by molar-refractivity contribution is 4.97. The maximum atomic E-state index is 5.98. The van der Waals surface area contributed by atoms with E-state index in [1.165, 1.54) is 0 Å². The van der Waals surface area contributed by atoms with Crippen LogP contribution >= 0.6 is 0 Å². The number of nitrogens with two attached hydrogens (primary N) is 1. The molecule has 0 saturated carbocycles. The van der Waals surface area contributed by atoms with Gasteiger partial charge in [0.25, 0.3) is 0 Å². The molecule has 0 aromatic carbocycles. The van der Waals surface area contributed by atoms with E-state index in [2.05, 4.69) is 9.88 Å². The summed E-state index contributed by atoms with van der Waals surface area (Å²) in [6, 6.07) is 0.0439. The van der Waals surface area contributed by atoms with Crippen molar-refractivity contribution >= 4 is 0 Å². The van der Waals surface area contributed by atoms with Crippen molar-refractivity contribution in [1.82, 2.24) is 14.5 Å². The predicted octanol–water partition coefficient (Wildman–Crippen LogP) is 0.372. The molecule has 0 aliphatic heterocycles. The molecule has 0 aliphatic rings. The van der Waals surface area contributed by atoms with Gasteiger partial charge in [0.15, 0.2) is 0 Å². The second-order valence-electron chi connectivity index (χ2n) is 3.59. The molecule has 1 rings (SSSR count). The lowest BCUT2D eigenvalue weighted by Crippen LogP contribution is -2.22. The van der Waals surface area contributed by atoms with E-state index in [0.717, 1.165) is 18.8 Å². The van der Waals surface area contributed by atoms with Crippen LogP contribution in [0.2, 0.25) is 0 Å². The molecular formula is C9H18N4. The van der Waals surface area contributed by atoms with Gasteiger partial charge < -0.3 is 15.2 Å². The highest BCUT2D eigenvalue weighted by Crippen LogP contribution is 2.10. The zero-order valence-corrected chi connectivity index (χ0v) is 8.57. The zero-order valence-electron chi connectivity index (χ0n) is 8.57. The van der Waals surface area contributed by atoms with Crippen LogP contribution in [0.5, 0.6) is 0 Å². The van der Waals surface area contributed by atoms with E-state index < -0.39 is 0 Å². The van der Waals surface area contributed by atoms with Crippen molar-refractivity contribution in [3.05, 3.63) is 18.2 Å². The van der Waals surface area contributed by atoms with Gasteiger partial charge in [-0.15, -0.1) is 0 Å². The first-order chi connectivity index (χ1) is 6.11. The molecule has 0 spiro atoms. The van der Waals surface area contributed by atoms with E-state index in [1.54, 1.807) is 6.20 Å². The van der Waals surface area contributed by atoms with Crippen molar-refractivity contribution < 1.29 is 0 Å². The highest BCUT2D eigenvalue weighted by atomic mass is 15.1. The standard InChI is InChI=1S/C9H18N4/c1-12(2)6-4-8(10)9-11-5-7-13(9)3/h5,7-8H,4,6,10H2,1-3H3. The molecule has 0 aliphatic carbocycles. The van der Waals surface area contributed by atoms with Crippen molar-refractivity contribution in [3.63, 3.8) is 0 Å². The molecule has 1 atom stereocenters. The Bertz CT molecular complexity index is 254. The molecule has 1 heterocycles. The fourth-order valence-electron chi connectivity index (χ4n) is 1.26. The summed E-state index contributed by atoms with van der Waals surface area (Å²) in [4.78, 5) is 6.34. The van der Waals surface area contributed by atoms with E-state index in [-0.39, 0.29) is 6.04 Å². The summed E-state index contributed by atoms with van der Waals surface area (Å²) in [6.07, 6.45) is 4.65. The molecule has 0 fully saturated rings. The Balaban J connectivity index is 2.49. The number of rotatable bonds is 4. The molecule has 0 amide bonds. The summed E-state index contributed by atoms with van der Waals surface area (Å²) in [6.45, 7) is 0.994. The van der Waals surface area contributed by atoms with Gasteiger partial charge in [-0.3, -0.25) is 0 Å². The molecule has 0 bridgehead atoms. The highest BCUT2D eigenvalue weighted by Gasteiger charge is 2.10. The largest absolute Gasteiger partial charge is 0.337 e. The van der Waals surface area contributed by atoms with Gasteiger partial charge in [0.1, 0.15) is 5.82 Å². The Morgan fingerprint density at radius 2 is 2.31 bits per heavy atom. The fraction of sp³-hybridized carbons (Fsp3) is 0.667. The lowest BCUT2D eigenvalue weighted by Gasteiger charge is -2.14. The Morgan fingerprint density at radius 3 is 2.77 bits per heavy atom.